The maximum Gasteiger partial charge on any atom is 0.341 e. The fraction of sp³-hybridized carbons (Fsp3) is 0.200. The summed E-state index contributed by atoms with van der Waals surface area (Å²) >= 11 is 0.897. The standard InChI is InChI=1S/C25H23FN2O6S/c1-4-33-24(31)15-9-11-18(12-10-15)27-22(30)20-14(3)19(25(32)34-5-2)23(35-20)28-21(29)16-7-6-8-17(26)13-16/h6-13H,4-5H2,1-3H3,(H,27,30)(H,28,29). The second kappa shape index (κ2) is 11.4. The average Bonchev–Trinajstić information content (AvgIpc) is 3.15. The van der Waals surface area contributed by atoms with Gasteiger partial charge in [-0.2, -0.15) is 0 Å². The van der Waals surface area contributed by atoms with Gasteiger partial charge in [-0.05, 0) is 68.8 Å². The Bertz CT molecular complexity index is 1270. The molecular formula is C25H23FN2O6S. The van der Waals surface area contributed by atoms with E-state index < -0.39 is 29.6 Å². The first kappa shape index (κ1) is 25.6. The van der Waals surface area contributed by atoms with E-state index in [1.165, 1.54) is 30.3 Å². The highest BCUT2D eigenvalue weighted by Crippen LogP contribution is 2.34. The van der Waals surface area contributed by atoms with Gasteiger partial charge in [0, 0.05) is 11.3 Å². The van der Waals surface area contributed by atoms with E-state index in [-0.39, 0.29) is 34.2 Å². The third kappa shape index (κ3) is 6.10. The Morgan fingerprint density at radius 3 is 2.14 bits per heavy atom. The van der Waals surface area contributed by atoms with Crippen molar-refractivity contribution >= 4 is 45.8 Å². The lowest BCUT2D eigenvalue weighted by molar-refractivity contribution is 0.0517. The molecule has 0 aliphatic heterocycles. The summed E-state index contributed by atoms with van der Waals surface area (Å²) in [6, 6.07) is 11.2. The normalized spacial score (nSPS) is 10.4. The monoisotopic (exact) mass is 498 g/mol. The molecule has 0 aliphatic rings. The minimum absolute atomic E-state index is 0.0458. The fourth-order valence-electron chi connectivity index (χ4n) is 3.16. The molecule has 0 fully saturated rings. The van der Waals surface area contributed by atoms with Gasteiger partial charge in [0.25, 0.3) is 11.8 Å². The Morgan fingerprint density at radius 2 is 1.51 bits per heavy atom. The molecule has 182 valence electrons. The predicted molar refractivity (Wildman–Crippen MR) is 130 cm³/mol. The van der Waals surface area contributed by atoms with E-state index in [1.807, 2.05) is 0 Å². The Hall–Kier alpha value is -4.05. The number of halogens is 1. The Kier molecular flexibility index (Phi) is 8.32. The van der Waals surface area contributed by atoms with Crippen molar-refractivity contribution in [2.24, 2.45) is 0 Å². The van der Waals surface area contributed by atoms with Crippen LogP contribution in [0.25, 0.3) is 0 Å². The molecule has 2 aromatic carbocycles. The molecular weight excluding hydrogens is 475 g/mol. The maximum absolute atomic E-state index is 13.5. The summed E-state index contributed by atoms with van der Waals surface area (Å²) in [6.07, 6.45) is 0. The van der Waals surface area contributed by atoms with Crippen LogP contribution in [0.1, 0.15) is 60.2 Å². The molecule has 2 N–H and O–H groups in total. The number of hydrogen-bond donors (Lipinski definition) is 2. The van der Waals surface area contributed by atoms with Gasteiger partial charge in [-0.15, -0.1) is 11.3 Å². The molecule has 3 rings (SSSR count). The number of anilines is 2. The molecule has 35 heavy (non-hydrogen) atoms. The summed E-state index contributed by atoms with van der Waals surface area (Å²) in [7, 11) is 0. The van der Waals surface area contributed by atoms with Gasteiger partial charge in [0.2, 0.25) is 0 Å². The van der Waals surface area contributed by atoms with Crippen LogP contribution in [0.2, 0.25) is 0 Å². The third-order valence-electron chi connectivity index (χ3n) is 4.80. The van der Waals surface area contributed by atoms with E-state index in [9.17, 15) is 23.6 Å². The van der Waals surface area contributed by atoms with Crippen LogP contribution >= 0.6 is 11.3 Å². The number of esters is 2. The summed E-state index contributed by atoms with van der Waals surface area (Å²) in [5.74, 6) is -2.92. The van der Waals surface area contributed by atoms with Gasteiger partial charge < -0.3 is 20.1 Å². The van der Waals surface area contributed by atoms with Crippen LogP contribution in [0.3, 0.4) is 0 Å². The van der Waals surface area contributed by atoms with Crippen molar-refractivity contribution in [3.63, 3.8) is 0 Å². The minimum atomic E-state index is -0.700. The summed E-state index contributed by atoms with van der Waals surface area (Å²) in [6.45, 7) is 5.25. The van der Waals surface area contributed by atoms with Crippen LogP contribution in [-0.2, 0) is 9.47 Å². The molecule has 0 unspecified atom stereocenters. The van der Waals surface area contributed by atoms with Crippen molar-refractivity contribution in [3.8, 4) is 0 Å². The zero-order valence-electron chi connectivity index (χ0n) is 19.3. The molecule has 0 saturated heterocycles. The van der Waals surface area contributed by atoms with E-state index in [1.54, 1.807) is 32.9 Å². The van der Waals surface area contributed by atoms with Crippen molar-refractivity contribution in [3.05, 3.63) is 81.5 Å². The zero-order valence-corrected chi connectivity index (χ0v) is 20.1. The lowest BCUT2D eigenvalue weighted by atomic mass is 10.1. The molecule has 0 saturated carbocycles. The van der Waals surface area contributed by atoms with Crippen LogP contribution in [0.4, 0.5) is 15.1 Å². The molecule has 1 heterocycles. The van der Waals surface area contributed by atoms with Crippen molar-refractivity contribution in [1.29, 1.82) is 0 Å². The highest BCUT2D eigenvalue weighted by molar-refractivity contribution is 7.19. The van der Waals surface area contributed by atoms with Gasteiger partial charge in [0.1, 0.15) is 10.8 Å². The van der Waals surface area contributed by atoms with Gasteiger partial charge in [0.05, 0.1) is 29.2 Å². The van der Waals surface area contributed by atoms with Crippen LogP contribution in [0.5, 0.6) is 0 Å². The molecule has 0 atom stereocenters. The Labute approximate surface area is 205 Å². The largest absolute Gasteiger partial charge is 0.462 e. The molecule has 0 bridgehead atoms. The summed E-state index contributed by atoms with van der Waals surface area (Å²) < 4.78 is 23.6. The number of carbonyl (C=O) groups is 4. The number of hydrogen-bond acceptors (Lipinski definition) is 7. The number of amides is 2. The van der Waals surface area contributed by atoms with E-state index in [2.05, 4.69) is 10.6 Å². The van der Waals surface area contributed by atoms with Gasteiger partial charge in [-0.3, -0.25) is 9.59 Å². The molecule has 8 nitrogen and oxygen atoms in total. The Balaban J connectivity index is 1.87. The van der Waals surface area contributed by atoms with E-state index in [0.717, 1.165) is 17.4 Å². The van der Waals surface area contributed by atoms with Gasteiger partial charge in [-0.25, -0.2) is 14.0 Å². The second-order valence-electron chi connectivity index (χ2n) is 7.20. The number of benzene rings is 2. The first-order valence-electron chi connectivity index (χ1n) is 10.7. The first-order valence-corrected chi connectivity index (χ1v) is 11.5. The van der Waals surface area contributed by atoms with Crippen molar-refractivity contribution in [1.82, 2.24) is 0 Å². The number of nitrogens with one attached hydrogen (secondary N) is 2. The average molecular weight is 499 g/mol. The predicted octanol–water partition coefficient (Wildman–Crippen LogP) is 5.05. The number of thiophene rings is 1. The van der Waals surface area contributed by atoms with E-state index >= 15 is 0 Å². The molecule has 2 amide bonds. The number of rotatable bonds is 8. The topological polar surface area (TPSA) is 111 Å². The number of carbonyl (C=O) groups excluding carboxylic acids is 4. The second-order valence-corrected chi connectivity index (χ2v) is 8.22. The van der Waals surface area contributed by atoms with Gasteiger partial charge in [0.15, 0.2) is 0 Å². The lowest BCUT2D eigenvalue weighted by Crippen LogP contribution is -2.15. The van der Waals surface area contributed by atoms with Crippen LogP contribution in [0.15, 0.2) is 48.5 Å². The number of ether oxygens (including phenoxy) is 2. The van der Waals surface area contributed by atoms with Crippen LogP contribution in [0, 0.1) is 12.7 Å². The quantitative estimate of drug-likeness (QED) is 0.421. The highest BCUT2D eigenvalue weighted by Gasteiger charge is 2.27. The Morgan fingerprint density at radius 1 is 0.857 bits per heavy atom. The first-order chi connectivity index (χ1) is 16.7. The zero-order chi connectivity index (χ0) is 25.5. The fourth-order valence-corrected chi connectivity index (χ4v) is 4.25. The SMILES string of the molecule is CCOC(=O)c1ccc(NC(=O)c2sc(NC(=O)c3cccc(F)c3)c(C(=O)OCC)c2C)cc1. The van der Waals surface area contributed by atoms with Crippen molar-refractivity contribution in [2.75, 3.05) is 23.8 Å². The molecule has 3 aromatic rings. The van der Waals surface area contributed by atoms with Crippen molar-refractivity contribution < 1.29 is 33.0 Å². The molecule has 1 aromatic heterocycles. The summed E-state index contributed by atoms with van der Waals surface area (Å²) in [5, 5.41) is 5.40. The lowest BCUT2D eigenvalue weighted by Gasteiger charge is -2.07. The summed E-state index contributed by atoms with van der Waals surface area (Å²) in [5.41, 5.74) is 1.18. The minimum Gasteiger partial charge on any atom is -0.462 e. The molecule has 10 heteroatoms. The summed E-state index contributed by atoms with van der Waals surface area (Å²) in [4.78, 5) is 50.2. The van der Waals surface area contributed by atoms with E-state index in [0.29, 0.717) is 16.8 Å². The van der Waals surface area contributed by atoms with Crippen LogP contribution < -0.4 is 10.6 Å². The van der Waals surface area contributed by atoms with Crippen molar-refractivity contribution in [2.45, 2.75) is 20.8 Å². The highest BCUT2D eigenvalue weighted by atomic mass is 32.1. The van der Waals surface area contributed by atoms with Gasteiger partial charge in [-0.1, -0.05) is 6.07 Å². The molecule has 0 spiro atoms. The van der Waals surface area contributed by atoms with Crippen LogP contribution in [-0.4, -0.2) is 37.0 Å². The third-order valence-corrected chi connectivity index (χ3v) is 6.01. The van der Waals surface area contributed by atoms with E-state index in [4.69, 9.17) is 9.47 Å². The maximum atomic E-state index is 13.5. The smallest absolute Gasteiger partial charge is 0.341 e. The molecule has 0 radical (unpaired) electrons. The molecule has 0 aliphatic carbocycles. The van der Waals surface area contributed by atoms with Gasteiger partial charge >= 0.3 is 11.9 Å².